The highest BCUT2D eigenvalue weighted by Gasteiger charge is 2.26. The quantitative estimate of drug-likeness (QED) is 0.776. The average Bonchev–Trinajstić information content (AvgIpc) is 3.35. The van der Waals surface area contributed by atoms with Crippen molar-refractivity contribution < 1.29 is 9.59 Å². The van der Waals surface area contributed by atoms with Crippen LogP contribution >= 0.6 is 0 Å². The zero-order chi connectivity index (χ0) is 18.8. The van der Waals surface area contributed by atoms with Crippen LogP contribution in [-0.4, -0.2) is 39.2 Å². The predicted molar refractivity (Wildman–Crippen MR) is 103 cm³/mol. The van der Waals surface area contributed by atoms with Crippen LogP contribution in [0, 0.1) is 6.92 Å². The summed E-state index contributed by atoms with van der Waals surface area (Å²) in [5, 5.41) is 2.91. The number of hydrogen-bond acceptors (Lipinski definition) is 3. The molecule has 4 rings (SSSR count). The summed E-state index contributed by atoms with van der Waals surface area (Å²) < 4.78 is 1.71. The number of likely N-dealkylation sites (tertiary alicyclic amines) is 1. The standard InChI is InChI=1S/C21H22N4O2/c1-15-7-9-16(10-8-15)14-22-20(26)18-17-6-2-3-13-25(17)19(23-18)21(27)24-11-4-5-12-24/h2-3,6-10,13H,4-5,11-12,14H2,1H3,(H,22,26). The highest BCUT2D eigenvalue weighted by molar-refractivity contribution is 6.02. The van der Waals surface area contributed by atoms with E-state index in [0.29, 0.717) is 17.9 Å². The number of fused-ring (bicyclic) bond motifs is 1. The molecule has 0 radical (unpaired) electrons. The Morgan fingerprint density at radius 1 is 1.07 bits per heavy atom. The zero-order valence-electron chi connectivity index (χ0n) is 15.3. The van der Waals surface area contributed by atoms with E-state index in [0.717, 1.165) is 31.5 Å². The van der Waals surface area contributed by atoms with E-state index in [4.69, 9.17) is 0 Å². The number of imidazole rings is 1. The highest BCUT2D eigenvalue weighted by atomic mass is 16.2. The second-order valence-corrected chi connectivity index (χ2v) is 6.91. The molecular formula is C21H22N4O2. The Morgan fingerprint density at radius 3 is 2.56 bits per heavy atom. The van der Waals surface area contributed by atoms with E-state index in [2.05, 4.69) is 10.3 Å². The van der Waals surface area contributed by atoms with Gasteiger partial charge in [-0.3, -0.25) is 14.0 Å². The van der Waals surface area contributed by atoms with Crippen LogP contribution in [0.3, 0.4) is 0 Å². The maximum absolute atomic E-state index is 12.8. The van der Waals surface area contributed by atoms with E-state index in [1.165, 1.54) is 5.56 Å². The Hall–Kier alpha value is -3.15. The summed E-state index contributed by atoms with van der Waals surface area (Å²) in [7, 11) is 0. The van der Waals surface area contributed by atoms with E-state index in [1.54, 1.807) is 15.5 Å². The fourth-order valence-electron chi connectivity index (χ4n) is 3.39. The van der Waals surface area contributed by atoms with Crippen LogP contribution < -0.4 is 5.32 Å². The molecule has 1 N–H and O–H groups in total. The normalized spacial score (nSPS) is 13.9. The molecule has 2 amide bonds. The van der Waals surface area contributed by atoms with Crippen molar-refractivity contribution in [1.29, 1.82) is 0 Å². The second-order valence-electron chi connectivity index (χ2n) is 6.91. The lowest BCUT2D eigenvalue weighted by Crippen LogP contribution is -2.29. The van der Waals surface area contributed by atoms with Gasteiger partial charge < -0.3 is 10.2 Å². The van der Waals surface area contributed by atoms with Crippen molar-refractivity contribution in [3.63, 3.8) is 0 Å². The third-order valence-electron chi connectivity index (χ3n) is 4.92. The minimum atomic E-state index is -0.278. The number of nitrogens with one attached hydrogen (secondary N) is 1. The number of carbonyl (C=O) groups excluding carboxylic acids is 2. The van der Waals surface area contributed by atoms with Gasteiger partial charge >= 0.3 is 0 Å². The fraction of sp³-hybridized carbons (Fsp3) is 0.286. The molecule has 0 atom stereocenters. The van der Waals surface area contributed by atoms with Gasteiger partial charge in [0, 0.05) is 25.8 Å². The van der Waals surface area contributed by atoms with E-state index in [9.17, 15) is 9.59 Å². The first-order valence-electron chi connectivity index (χ1n) is 9.23. The minimum absolute atomic E-state index is 0.119. The van der Waals surface area contributed by atoms with Gasteiger partial charge in [0.2, 0.25) is 5.82 Å². The van der Waals surface area contributed by atoms with Gasteiger partial charge in [-0.05, 0) is 37.5 Å². The Labute approximate surface area is 157 Å². The van der Waals surface area contributed by atoms with Gasteiger partial charge in [0.25, 0.3) is 11.8 Å². The molecule has 1 saturated heterocycles. The van der Waals surface area contributed by atoms with Gasteiger partial charge in [-0.1, -0.05) is 35.9 Å². The van der Waals surface area contributed by atoms with Gasteiger partial charge in [-0.15, -0.1) is 0 Å². The molecule has 6 heteroatoms. The topological polar surface area (TPSA) is 66.7 Å². The zero-order valence-corrected chi connectivity index (χ0v) is 15.3. The maximum atomic E-state index is 12.8. The molecule has 0 spiro atoms. The van der Waals surface area contributed by atoms with Crippen molar-refractivity contribution in [2.45, 2.75) is 26.3 Å². The van der Waals surface area contributed by atoms with Gasteiger partial charge in [0.15, 0.2) is 5.69 Å². The molecule has 0 unspecified atom stereocenters. The number of amides is 2. The number of carbonyl (C=O) groups is 2. The number of benzene rings is 1. The van der Waals surface area contributed by atoms with Crippen molar-refractivity contribution in [1.82, 2.24) is 19.6 Å². The molecule has 6 nitrogen and oxygen atoms in total. The number of aryl methyl sites for hydroxylation is 1. The van der Waals surface area contributed by atoms with Crippen LogP contribution in [0.25, 0.3) is 5.52 Å². The Kier molecular flexibility index (Phi) is 4.62. The van der Waals surface area contributed by atoms with Gasteiger partial charge in [-0.25, -0.2) is 4.98 Å². The average molecular weight is 362 g/mol. The van der Waals surface area contributed by atoms with E-state index < -0.39 is 0 Å². The summed E-state index contributed by atoms with van der Waals surface area (Å²) in [6, 6.07) is 13.5. The number of pyridine rings is 1. The van der Waals surface area contributed by atoms with Crippen molar-refractivity contribution in [3.05, 3.63) is 71.3 Å². The highest BCUT2D eigenvalue weighted by Crippen LogP contribution is 2.17. The summed E-state index contributed by atoms with van der Waals surface area (Å²) in [6.07, 6.45) is 3.81. The second kappa shape index (κ2) is 7.23. The Morgan fingerprint density at radius 2 is 1.81 bits per heavy atom. The van der Waals surface area contributed by atoms with Crippen molar-refractivity contribution in [2.75, 3.05) is 13.1 Å². The largest absolute Gasteiger partial charge is 0.347 e. The van der Waals surface area contributed by atoms with Crippen LogP contribution in [0.5, 0.6) is 0 Å². The van der Waals surface area contributed by atoms with Crippen LogP contribution in [0.15, 0.2) is 48.7 Å². The van der Waals surface area contributed by atoms with E-state index >= 15 is 0 Å². The lowest BCUT2D eigenvalue weighted by Gasteiger charge is -2.13. The third kappa shape index (κ3) is 3.43. The molecule has 1 fully saturated rings. The van der Waals surface area contributed by atoms with Gasteiger partial charge in [-0.2, -0.15) is 0 Å². The van der Waals surface area contributed by atoms with E-state index in [1.807, 2.05) is 49.4 Å². The SMILES string of the molecule is Cc1ccc(CNC(=O)c2nc(C(=O)N3CCCC3)n3ccccc23)cc1. The molecular weight excluding hydrogens is 340 g/mol. The predicted octanol–water partition coefficient (Wildman–Crippen LogP) is 2.81. The maximum Gasteiger partial charge on any atom is 0.290 e. The van der Waals surface area contributed by atoms with Gasteiger partial charge in [0.1, 0.15) is 0 Å². The molecule has 2 aromatic heterocycles. The van der Waals surface area contributed by atoms with Crippen LogP contribution in [0.2, 0.25) is 0 Å². The first-order chi connectivity index (χ1) is 13.1. The first-order valence-corrected chi connectivity index (χ1v) is 9.23. The summed E-state index contributed by atoms with van der Waals surface area (Å²) >= 11 is 0. The molecule has 1 aromatic carbocycles. The molecule has 138 valence electrons. The van der Waals surface area contributed by atoms with Crippen molar-refractivity contribution >= 4 is 17.3 Å². The Bertz CT molecular complexity index is 985. The fourth-order valence-corrected chi connectivity index (χ4v) is 3.39. The van der Waals surface area contributed by atoms with Crippen LogP contribution in [0.4, 0.5) is 0 Å². The van der Waals surface area contributed by atoms with E-state index in [-0.39, 0.29) is 17.5 Å². The van der Waals surface area contributed by atoms with Crippen LogP contribution in [0.1, 0.15) is 45.1 Å². The van der Waals surface area contributed by atoms with Gasteiger partial charge in [0.05, 0.1) is 5.52 Å². The Balaban J connectivity index is 1.60. The summed E-state index contributed by atoms with van der Waals surface area (Å²) in [5.41, 5.74) is 3.12. The lowest BCUT2D eigenvalue weighted by molar-refractivity contribution is 0.0780. The first kappa shape index (κ1) is 17.3. The number of rotatable bonds is 4. The number of hydrogen-bond donors (Lipinski definition) is 1. The monoisotopic (exact) mass is 362 g/mol. The van der Waals surface area contributed by atoms with Crippen molar-refractivity contribution in [3.8, 4) is 0 Å². The molecule has 27 heavy (non-hydrogen) atoms. The lowest BCUT2D eigenvalue weighted by atomic mass is 10.1. The minimum Gasteiger partial charge on any atom is -0.347 e. The van der Waals surface area contributed by atoms with Crippen molar-refractivity contribution in [2.24, 2.45) is 0 Å². The smallest absolute Gasteiger partial charge is 0.290 e. The molecule has 0 aliphatic carbocycles. The third-order valence-corrected chi connectivity index (χ3v) is 4.92. The van der Waals surface area contributed by atoms with Crippen LogP contribution in [-0.2, 0) is 6.54 Å². The molecule has 0 bridgehead atoms. The molecule has 1 aliphatic rings. The number of aromatic nitrogens is 2. The summed E-state index contributed by atoms with van der Waals surface area (Å²) in [4.78, 5) is 31.8. The number of nitrogens with zero attached hydrogens (tertiary/aromatic N) is 3. The molecule has 3 heterocycles. The molecule has 3 aromatic rings. The summed E-state index contributed by atoms with van der Waals surface area (Å²) in [6.45, 7) is 3.93. The summed E-state index contributed by atoms with van der Waals surface area (Å²) in [5.74, 6) is -0.0981. The molecule has 0 saturated carbocycles. The molecule has 1 aliphatic heterocycles.